The maximum absolute atomic E-state index is 12.3. The first-order chi connectivity index (χ1) is 13.3. The monoisotopic (exact) mass is 452 g/mol. The van der Waals surface area contributed by atoms with Gasteiger partial charge in [-0.15, -0.1) is 23.1 Å². The Hall–Kier alpha value is -2.00. The van der Waals surface area contributed by atoms with Crippen LogP contribution in [0, 0.1) is 0 Å². The standard InChI is InChI=1S/C19H17ClN2O3S3/c1-13(19(23)21-16-5-2-4-14(20)12-16)27-17-9-7-15(8-10-17)22-28(24,25)18-6-3-11-26-18/h2-13,22H,1H3,(H,21,23). The largest absolute Gasteiger partial charge is 0.325 e. The fraction of sp³-hybridized carbons (Fsp3) is 0.105. The van der Waals surface area contributed by atoms with E-state index in [1.807, 2.05) is 0 Å². The molecule has 3 aromatic rings. The van der Waals surface area contributed by atoms with Gasteiger partial charge < -0.3 is 5.32 Å². The number of hydrogen-bond donors (Lipinski definition) is 2. The number of carbonyl (C=O) groups is 1. The van der Waals surface area contributed by atoms with Crippen molar-refractivity contribution in [2.45, 2.75) is 21.3 Å². The van der Waals surface area contributed by atoms with Crippen molar-refractivity contribution in [2.24, 2.45) is 0 Å². The number of halogens is 1. The highest BCUT2D eigenvalue weighted by molar-refractivity contribution is 8.00. The molecule has 1 atom stereocenters. The van der Waals surface area contributed by atoms with Crippen LogP contribution in [0.3, 0.4) is 0 Å². The molecule has 28 heavy (non-hydrogen) atoms. The molecule has 0 aliphatic heterocycles. The van der Waals surface area contributed by atoms with Gasteiger partial charge >= 0.3 is 0 Å². The Balaban J connectivity index is 1.60. The van der Waals surface area contributed by atoms with Crippen molar-refractivity contribution in [3.63, 3.8) is 0 Å². The zero-order chi connectivity index (χ0) is 20.1. The van der Waals surface area contributed by atoms with Gasteiger partial charge in [0.1, 0.15) is 4.21 Å². The van der Waals surface area contributed by atoms with E-state index in [1.165, 1.54) is 11.8 Å². The van der Waals surface area contributed by atoms with Gasteiger partial charge in [-0.1, -0.05) is 23.7 Å². The molecule has 2 aromatic carbocycles. The van der Waals surface area contributed by atoms with E-state index >= 15 is 0 Å². The Morgan fingerprint density at radius 3 is 2.46 bits per heavy atom. The Bertz CT molecular complexity index is 1050. The number of thioether (sulfide) groups is 1. The zero-order valence-electron chi connectivity index (χ0n) is 14.8. The van der Waals surface area contributed by atoms with Crippen LogP contribution in [-0.4, -0.2) is 19.6 Å². The SMILES string of the molecule is CC(Sc1ccc(NS(=O)(=O)c2cccs2)cc1)C(=O)Nc1cccc(Cl)c1. The molecular weight excluding hydrogens is 436 g/mol. The summed E-state index contributed by atoms with van der Waals surface area (Å²) in [5.41, 5.74) is 1.11. The summed E-state index contributed by atoms with van der Waals surface area (Å²) in [5, 5.41) is 4.75. The Morgan fingerprint density at radius 1 is 1.07 bits per heavy atom. The molecule has 2 N–H and O–H groups in total. The van der Waals surface area contributed by atoms with Crippen LogP contribution < -0.4 is 10.0 Å². The van der Waals surface area contributed by atoms with Crippen LogP contribution in [0.5, 0.6) is 0 Å². The van der Waals surface area contributed by atoms with Gasteiger partial charge in [-0.3, -0.25) is 9.52 Å². The fourth-order valence-corrected chi connectivity index (χ4v) is 5.40. The van der Waals surface area contributed by atoms with Crippen molar-refractivity contribution >= 4 is 62.0 Å². The molecule has 1 heterocycles. The summed E-state index contributed by atoms with van der Waals surface area (Å²) >= 11 is 8.46. The zero-order valence-corrected chi connectivity index (χ0v) is 18.0. The van der Waals surface area contributed by atoms with Crippen molar-refractivity contribution in [3.8, 4) is 0 Å². The van der Waals surface area contributed by atoms with Crippen molar-refractivity contribution in [1.29, 1.82) is 0 Å². The minimum Gasteiger partial charge on any atom is -0.325 e. The maximum Gasteiger partial charge on any atom is 0.271 e. The average molecular weight is 453 g/mol. The lowest BCUT2D eigenvalue weighted by molar-refractivity contribution is -0.115. The molecule has 0 fully saturated rings. The minimum absolute atomic E-state index is 0.144. The van der Waals surface area contributed by atoms with E-state index < -0.39 is 10.0 Å². The number of benzene rings is 2. The molecular formula is C19H17ClN2O3S3. The second kappa shape index (κ2) is 9.00. The van der Waals surface area contributed by atoms with E-state index in [2.05, 4.69) is 10.0 Å². The predicted molar refractivity (Wildman–Crippen MR) is 117 cm³/mol. The normalized spacial score (nSPS) is 12.4. The number of rotatable bonds is 7. The lowest BCUT2D eigenvalue weighted by Crippen LogP contribution is -2.22. The third kappa shape index (κ3) is 5.51. The quantitative estimate of drug-likeness (QED) is 0.475. The van der Waals surface area contributed by atoms with E-state index in [0.717, 1.165) is 16.2 Å². The van der Waals surface area contributed by atoms with E-state index in [4.69, 9.17) is 11.6 Å². The smallest absolute Gasteiger partial charge is 0.271 e. The van der Waals surface area contributed by atoms with Gasteiger partial charge in [0.05, 0.1) is 5.25 Å². The molecule has 5 nitrogen and oxygen atoms in total. The van der Waals surface area contributed by atoms with Gasteiger partial charge in [0, 0.05) is 21.3 Å². The topological polar surface area (TPSA) is 75.3 Å². The molecule has 0 saturated heterocycles. The number of nitrogens with one attached hydrogen (secondary N) is 2. The summed E-state index contributed by atoms with van der Waals surface area (Å²) in [6, 6.07) is 17.1. The number of thiophene rings is 1. The molecule has 1 aromatic heterocycles. The van der Waals surface area contributed by atoms with Gasteiger partial charge in [0.25, 0.3) is 10.0 Å². The van der Waals surface area contributed by atoms with Gasteiger partial charge in [-0.25, -0.2) is 8.42 Å². The highest BCUT2D eigenvalue weighted by Crippen LogP contribution is 2.27. The molecule has 0 aliphatic rings. The lowest BCUT2D eigenvalue weighted by atomic mass is 10.3. The summed E-state index contributed by atoms with van der Waals surface area (Å²) < 4.78 is 27.3. The van der Waals surface area contributed by atoms with Gasteiger partial charge in [0.15, 0.2) is 0 Å². The first-order valence-corrected chi connectivity index (χ1v) is 11.8. The molecule has 0 aliphatic carbocycles. The van der Waals surface area contributed by atoms with Crippen LogP contribution in [0.1, 0.15) is 6.92 Å². The second-order valence-electron chi connectivity index (χ2n) is 5.82. The van der Waals surface area contributed by atoms with Crippen LogP contribution in [0.2, 0.25) is 5.02 Å². The molecule has 1 amide bonds. The predicted octanol–water partition coefficient (Wildman–Crippen LogP) is 5.32. The molecule has 0 saturated carbocycles. The Labute approximate surface area is 177 Å². The fourth-order valence-electron chi connectivity index (χ4n) is 2.29. The van der Waals surface area contributed by atoms with Crippen molar-refractivity contribution in [3.05, 3.63) is 71.1 Å². The summed E-state index contributed by atoms with van der Waals surface area (Å²) in [4.78, 5) is 13.2. The Kier molecular flexibility index (Phi) is 6.66. The van der Waals surface area contributed by atoms with Crippen LogP contribution in [0.15, 0.2) is 75.1 Å². The van der Waals surface area contributed by atoms with Crippen LogP contribution in [0.25, 0.3) is 0 Å². The Morgan fingerprint density at radius 2 is 1.82 bits per heavy atom. The van der Waals surface area contributed by atoms with Gasteiger partial charge in [-0.2, -0.15) is 0 Å². The summed E-state index contributed by atoms with van der Waals surface area (Å²) in [5.74, 6) is -0.144. The highest BCUT2D eigenvalue weighted by atomic mass is 35.5. The molecule has 146 valence electrons. The second-order valence-corrected chi connectivity index (χ2v) is 10.5. The first-order valence-electron chi connectivity index (χ1n) is 8.23. The molecule has 0 bridgehead atoms. The number of carbonyl (C=O) groups excluding carboxylic acids is 1. The van der Waals surface area contributed by atoms with Crippen LogP contribution in [-0.2, 0) is 14.8 Å². The highest BCUT2D eigenvalue weighted by Gasteiger charge is 2.17. The summed E-state index contributed by atoms with van der Waals surface area (Å²) in [7, 11) is -3.57. The van der Waals surface area contributed by atoms with Crippen LogP contribution in [0.4, 0.5) is 11.4 Å². The average Bonchev–Trinajstić information content (AvgIpc) is 3.19. The molecule has 3 rings (SSSR count). The maximum atomic E-state index is 12.3. The van der Waals surface area contributed by atoms with E-state index in [-0.39, 0.29) is 15.4 Å². The molecule has 0 spiro atoms. The van der Waals surface area contributed by atoms with E-state index in [9.17, 15) is 13.2 Å². The summed E-state index contributed by atoms with van der Waals surface area (Å²) in [6.45, 7) is 1.80. The van der Waals surface area contributed by atoms with Gasteiger partial charge in [0.2, 0.25) is 5.91 Å². The minimum atomic E-state index is -3.57. The van der Waals surface area contributed by atoms with Crippen LogP contribution >= 0.6 is 34.7 Å². The number of sulfonamides is 1. The third-order valence-corrected chi connectivity index (χ3v) is 7.77. The summed E-state index contributed by atoms with van der Waals surface area (Å²) in [6.07, 6.45) is 0. The molecule has 1 unspecified atom stereocenters. The third-order valence-electron chi connectivity index (χ3n) is 3.64. The lowest BCUT2D eigenvalue weighted by Gasteiger charge is -2.13. The number of amides is 1. The van der Waals surface area contributed by atoms with E-state index in [0.29, 0.717) is 16.4 Å². The molecule has 9 heteroatoms. The van der Waals surface area contributed by atoms with E-state index in [1.54, 1.807) is 73.0 Å². The number of hydrogen-bond acceptors (Lipinski definition) is 5. The molecule has 0 radical (unpaired) electrons. The van der Waals surface area contributed by atoms with Crippen molar-refractivity contribution in [1.82, 2.24) is 0 Å². The van der Waals surface area contributed by atoms with Gasteiger partial charge in [-0.05, 0) is 60.8 Å². The van der Waals surface area contributed by atoms with Crippen molar-refractivity contribution in [2.75, 3.05) is 10.0 Å². The first kappa shape index (κ1) is 20.7. The number of anilines is 2. The van der Waals surface area contributed by atoms with Crippen molar-refractivity contribution < 1.29 is 13.2 Å².